The number of rotatable bonds is 9. The Bertz CT molecular complexity index is 1190. The number of H-pyrrole nitrogens is 1. The van der Waals surface area contributed by atoms with Crippen molar-refractivity contribution in [1.29, 1.82) is 0 Å². The van der Waals surface area contributed by atoms with E-state index in [1.165, 1.54) is 6.20 Å². The molecule has 1 aliphatic heterocycles. The molecule has 1 saturated heterocycles. The van der Waals surface area contributed by atoms with E-state index in [0.29, 0.717) is 5.56 Å². The summed E-state index contributed by atoms with van der Waals surface area (Å²) in [6.45, 7) is 3.75. The van der Waals surface area contributed by atoms with E-state index < -0.39 is 44.1 Å². The van der Waals surface area contributed by atoms with Crippen molar-refractivity contribution in [1.82, 2.24) is 9.55 Å². The van der Waals surface area contributed by atoms with Crippen LogP contribution >= 0.6 is 0 Å². The number of aromatic nitrogens is 2. The Morgan fingerprint density at radius 3 is 2.17 bits per heavy atom. The van der Waals surface area contributed by atoms with Crippen molar-refractivity contribution in [3.63, 3.8) is 0 Å². The van der Waals surface area contributed by atoms with Crippen LogP contribution in [-0.2, 0) is 9.16 Å². The maximum absolute atomic E-state index is 12.4. The summed E-state index contributed by atoms with van der Waals surface area (Å²) in [5, 5.41) is 23.7. The van der Waals surface area contributed by atoms with E-state index in [4.69, 9.17) is 9.16 Å². The molecule has 0 saturated carbocycles. The van der Waals surface area contributed by atoms with E-state index in [-0.39, 0.29) is 6.61 Å². The van der Waals surface area contributed by atoms with Crippen molar-refractivity contribution >= 4 is 18.7 Å². The molecule has 1 fully saturated rings. The highest BCUT2D eigenvalue weighted by Gasteiger charge is 2.47. The zero-order chi connectivity index (χ0) is 25.0. The number of hydrogen-bond acceptors (Lipinski definition) is 6. The Morgan fingerprint density at radius 1 is 1.00 bits per heavy atom. The number of ether oxygens (including phenoxy) is 1. The number of aryl methyl sites for hydroxylation is 1. The fraction of sp³-hybridized carbons (Fsp3) is 0.385. The molecule has 3 aromatic rings. The Labute approximate surface area is 204 Å². The normalized spacial score (nSPS) is 22.4. The first-order valence-electron chi connectivity index (χ1n) is 12.0. The molecule has 4 atom stereocenters. The average Bonchev–Trinajstić information content (AvgIpc) is 3.16. The molecule has 9 heteroatoms. The first-order chi connectivity index (χ1) is 16.9. The second-order valence-electron chi connectivity index (χ2n) is 9.00. The Morgan fingerprint density at radius 2 is 1.60 bits per heavy atom. The number of nitrogens with one attached hydrogen (secondary N) is 1. The smallest absolute Gasteiger partial charge is 0.330 e. The van der Waals surface area contributed by atoms with Crippen LogP contribution in [-0.4, -0.2) is 53.0 Å². The third-order valence-corrected chi connectivity index (χ3v) is 10.9. The SMILES string of the molecule is CCCC[Si](OC[C@H]1O[C@@H](n2cc(C)c(=O)[nH]c2=O)[C@H](O)[C@@H]1O)(c1ccccc1)c1ccccc1. The van der Waals surface area contributed by atoms with Gasteiger partial charge in [-0.2, -0.15) is 0 Å². The lowest BCUT2D eigenvalue weighted by molar-refractivity contribution is -0.0524. The summed E-state index contributed by atoms with van der Waals surface area (Å²) in [7, 11) is -2.71. The van der Waals surface area contributed by atoms with E-state index >= 15 is 0 Å². The van der Waals surface area contributed by atoms with Crippen LogP contribution in [0.1, 0.15) is 31.6 Å². The molecule has 0 radical (unpaired) electrons. The second-order valence-corrected chi connectivity index (χ2v) is 12.6. The summed E-state index contributed by atoms with van der Waals surface area (Å²) in [4.78, 5) is 26.3. The van der Waals surface area contributed by atoms with Crippen molar-refractivity contribution in [2.24, 2.45) is 0 Å². The molecule has 186 valence electrons. The zero-order valence-electron chi connectivity index (χ0n) is 20.0. The van der Waals surface area contributed by atoms with Crippen LogP contribution < -0.4 is 21.6 Å². The minimum Gasteiger partial charge on any atom is -0.405 e. The van der Waals surface area contributed by atoms with Crippen LogP contribution in [0.15, 0.2) is 76.4 Å². The maximum atomic E-state index is 12.4. The average molecular weight is 497 g/mol. The van der Waals surface area contributed by atoms with Gasteiger partial charge in [0, 0.05) is 11.8 Å². The van der Waals surface area contributed by atoms with Crippen LogP contribution in [0.3, 0.4) is 0 Å². The lowest BCUT2D eigenvalue weighted by atomic mass is 10.1. The first-order valence-corrected chi connectivity index (χ1v) is 14.1. The van der Waals surface area contributed by atoms with Gasteiger partial charge in [0.1, 0.15) is 18.3 Å². The van der Waals surface area contributed by atoms with E-state index in [1.54, 1.807) is 6.92 Å². The van der Waals surface area contributed by atoms with E-state index in [0.717, 1.165) is 33.8 Å². The monoisotopic (exact) mass is 496 g/mol. The molecule has 0 aliphatic carbocycles. The minimum absolute atomic E-state index is 0.0472. The lowest BCUT2D eigenvalue weighted by Gasteiger charge is -2.34. The summed E-state index contributed by atoms with van der Waals surface area (Å²) in [6.07, 6.45) is -1.29. The molecule has 0 bridgehead atoms. The van der Waals surface area contributed by atoms with Crippen LogP contribution in [0.25, 0.3) is 0 Å². The van der Waals surface area contributed by atoms with Gasteiger partial charge in [-0.15, -0.1) is 0 Å². The molecule has 1 aliphatic rings. The molecule has 1 aromatic heterocycles. The summed E-state index contributed by atoms with van der Waals surface area (Å²) < 4.78 is 13.8. The van der Waals surface area contributed by atoms with E-state index in [9.17, 15) is 19.8 Å². The van der Waals surface area contributed by atoms with Gasteiger partial charge in [-0.25, -0.2) is 4.79 Å². The summed E-state index contributed by atoms with van der Waals surface area (Å²) in [5.41, 5.74) is -0.913. The quantitative estimate of drug-likeness (QED) is 0.382. The summed E-state index contributed by atoms with van der Waals surface area (Å²) in [6, 6.07) is 21.1. The largest absolute Gasteiger partial charge is 0.405 e. The van der Waals surface area contributed by atoms with Gasteiger partial charge in [0.25, 0.3) is 13.9 Å². The van der Waals surface area contributed by atoms with Gasteiger partial charge in [-0.3, -0.25) is 14.3 Å². The molecule has 0 spiro atoms. The highest BCUT2D eigenvalue weighted by molar-refractivity contribution is 6.97. The standard InChI is InChI=1S/C26H32N2O6Si/c1-3-4-15-35(19-11-7-5-8-12-19,20-13-9-6-10-14-20)33-17-21-22(29)23(30)25(34-21)28-16-18(2)24(31)27-26(28)32/h5-14,16,21-23,25,29-30H,3-4,15,17H2,1-2H3,(H,27,31,32)/t21-,22-,23-,25-/m1/s1. The molecule has 0 unspecified atom stereocenters. The van der Waals surface area contributed by atoms with Crippen molar-refractivity contribution in [2.45, 2.75) is 57.3 Å². The number of aliphatic hydroxyl groups excluding tert-OH is 2. The van der Waals surface area contributed by atoms with Gasteiger partial charge in [-0.05, 0) is 23.3 Å². The third-order valence-electron chi connectivity index (χ3n) is 6.61. The fourth-order valence-electron chi connectivity index (χ4n) is 4.63. The molecule has 4 rings (SSSR count). The molecule has 3 N–H and O–H groups in total. The first kappa shape index (κ1) is 25.3. The number of benzene rings is 2. The van der Waals surface area contributed by atoms with Crippen molar-refractivity contribution in [3.05, 3.63) is 93.3 Å². The van der Waals surface area contributed by atoms with Crippen LogP contribution in [0.5, 0.6) is 0 Å². The molecule has 8 nitrogen and oxygen atoms in total. The van der Waals surface area contributed by atoms with Gasteiger partial charge >= 0.3 is 5.69 Å². The number of hydrogen-bond donors (Lipinski definition) is 3. The minimum atomic E-state index is -2.71. The summed E-state index contributed by atoms with van der Waals surface area (Å²) >= 11 is 0. The highest BCUT2D eigenvalue weighted by atomic mass is 28.4. The molecule has 0 amide bonds. The van der Waals surface area contributed by atoms with Gasteiger partial charge < -0.3 is 19.4 Å². The predicted molar refractivity (Wildman–Crippen MR) is 136 cm³/mol. The van der Waals surface area contributed by atoms with Crippen molar-refractivity contribution in [3.8, 4) is 0 Å². The Hall–Kier alpha value is -2.82. The lowest BCUT2D eigenvalue weighted by Crippen LogP contribution is -2.61. The topological polar surface area (TPSA) is 114 Å². The fourth-order valence-corrected chi connectivity index (χ4v) is 8.78. The molecule has 2 aromatic carbocycles. The van der Waals surface area contributed by atoms with Gasteiger partial charge in [-0.1, -0.05) is 80.4 Å². The van der Waals surface area contributed by atoms with Crippen LogP contribution in [0.4, 0.5) is 0 Å². The second kappa shape index (κ2) is 10.8. The third kappa shape index (κ3) is 5.09. The van der Waals surface area contributed by atoms with Crippen LogP contribution in [0, 0.1) is 6.92 Å². The van der Waals surface area contributed by atoms with Gasteiger partial charge in [0.05, 0.1) is 6.61 Å². The summed E-state index contributed by atoms with van der Waals surface area (Å²) in [5.74, 6) is 0. The van der Waals surface area contributed by atoms with E-state index in [1.807, 2.05) is 36.4 Å². The Balaban J connectivity index is 1.64. The number of aromatic amines is 1. The number of unbranched alkanes of at least 4 members (excludes halogenated alkanes) is 1. The maximum Gasteiger partial charge on any atom is 0.330 e. The number of aliphatic hydroxyl groups is 2. The van der Waals surface area contributed by atoms with Gasteiger partial charge in [0.2, 0.25) is 0 Å². The molecular formula is C26H32N2O6Si. The molecule has 35 heavy (non-hydrogen) atoms. The van der Waals surface area contributed by atoms with Crippen molar-refractivity contribution < 1.29 is 19.4 Å². The number of nitrogens with zero attached hydrogens (tertiary/aromatic N) is 1. The highest BCUT2D eigenvalue weighted by Crippen LogP contribution is 2.29. The van der Waals surface area contributed by atoms with Gasteiger partial charge in [0.15, 0.2) is 6.23 Å². The predicted octanol–water partition coefficient (Wildman–Crippen LogP) is 1.04. The zero-order valence-corrected chi connectivity index (χ0v) is 21.0. The van der Waals surface area contributed by atoms with E-state index in [2.05, 4.69) is 36.2 Å². The Kier molecular flexibility index (Phi) is 7.83. The molecule has 2 heterocycles. The van der Waals surface area contributed by atoms with Crippen LogP contribution in [0.2, 0.25) is 6.04 Å². The molecular weight excluding hydrogens is 464 g/mol. The van der Waals surface area contributed by atoms with Crippen molar-refractivity contribution in [2.75, 3.05) is 6.61 Å².